The van der Waals surface area contributed by atoms with Crippen molar-refractivity contribution in [1.82, 2.24) is 10.6 Å². The number of hydrogen-bond acceptors (Lipinski definition) is 6. The summed E-state index contributed by atoms with van der Waals surface area (Å²) in [6.45, 7) is 11.1. The van der Waals surface area contributed by atoms with Gasteiger partial charge in [0.2, 0.25) is 0 Å². The van der Waals surface area contributed by atoms with Crippen molar-refractivity contribution in [2.45, 2.75) is 103 Å². The summed E-state index contributed by atoms with van der Waals surface area (Å²) in [4.78, 5) is 35.4. The molecule has 8 heteroatoms. The van der Waals surface area contributed by atoms with E-state index in [0.717, 1.165) is 25.7 Å². The first-order valence-electron chi connectivity index (χ1n) is 10.4. The van der Waals surface area contributed by atoms with Gasteiger partial charge in [0.15, 0.2) is 0 Å². The zero-order chi connectivity index (χ0) is 22.2. The Bertz CT molecular complexity index is 556. The third-order valence-electron chi connectivity index (χ3n) is 4.54. The summed E-state index contributed by atoms with van der Waals surface area (Å²) in [5, 5.41) is 15.0. The summed E-state index contributed by atoms with van der Waals surface area (Å²) >= 11 is 0. The minimum Gasteiger partial charge on any atom is -0.481 e. The summed E-state index contributed by atoms with van der Waals surface area (Å²) in [5.74, 6) is -0.920. The Morgan fingerprint density at radius 1 is 0.966 bits per heavy atom. The zero-order valence-electron chi connectivity index (χ0n) is 18.7. The van der Waals surface area contributed by atoms with E-state index in [9.17, 15) is 14.4 Å². The van der Waals surface area contributed by atoms with Gasteiger partial charge in [-0.2, -0.15) is 0 Å². The van der Waals surface area contributed by atoms with Crippen molar-refractivity contribution in [1.29, 1.82) is 0 Å². The van der Waals surface area contributed by atoms with E-state index >= 15 is 0 Å². The van der Waals surface area contributed by atoms with E-state index in [4.69, 9.17) is 14.6 Å². The lowest BCUT2D eigenvalue weighted by Crippen LogP contribution is -2.48. The van der Waals surface area contributed by atoms with E-state index in [-0.39, 0.29) is 30.9 Å². The maximum atomic E-state index is 12.6. The topological polar surface area (TPSA) is 114 Å². The lowest BCUT2D eigenvalue weighted by atomic mass is 9.84. The van der Waals surface area contributed by atoms with E-state index in [1.54, 1.807) is 20.8 Å². The van der Waals surface area contributed by atoms with Crippen molar-refractivity contribution >= 4 is 18.0 Å². The van der Waals surface area contributed by atoms with Crippen LogP contribution in [0.2, 0.25) is 0 Å². The molecule has 0 aliphatic heterocycles. The SMILES string of the molecule is CC(C)(C)OC(=O)NCCC(N[C@H]1CC[C@H](CC(=O)O)CC1)C(=O)OC(C)(C)C. The summed E-state index contributed by atoms with van der Waals surface area (Å²) in [7, 11) is 0. The Hall–Kier alpha value is -1.83. The molecule has 0 aromatic carbocycles. The standard InChI is InChI=1S/C21H38N2O6/c1-20(2,3)28-18(26)16(11-12-22-19(27)29-21(4,5)6)23-15-9-7-14(8-10-15)13-17(24)25/h14-16,23H,7-13H2,1-6H3,(H,22,27)(H,24,25)/t14-,15-,16?. The van der Waals surface area contributed by atoms with Crippen LogP contribution in [-0.2, 0) is 19.1 Å². The molecular formula is C21H38N2O6. The molecule has 1 aliphatic carbocycles. The van der Waals surface area contributed by atoms with Crippen LogP contribution >= 0.6 is 0 Å². The van der Waals surface area contributed by atoms with Gasteiger partial charge in [0.05, 0.1) is 0 Å². The summed E-state index contributed by atoms with van der Waals surface area (Å²) in [6, 6.07) is -0.427. The minimum atomic E-state index is -0.763. The molecule has 0 aromatic rings. The highest BCUT2D eigenvalue weighted by Gasteiger charge is 2.30. The van der Waals surface area contributed by atoms with E-state index < -0.39 is 29.3 Å². The number of esters is 1. The number of carboxylic acids is 1. The normalized spacial score (nSPS) is 21.2. The van der Waals surface area contributed by atoms with E-state index in [0.29, 0.717) is 6.42 Å². The molecule has 0 bridgehead atoms. The second kappa shape index (κ2) is 10.8. The number of amides is 1. The number of rotatable bonds is 8. The van der Waals surface area contributed by atoms with Crippen LogP contribution < -0.4 is 10.6 Å². The fraction of sp³-hybridized carbons (Fsp3) is 0.857. The second-order valence-electron chi connectivity index (χ2n) is 9.79. The maximum Gasteiger partial charge on any atom is 0.407 e. The Balaban J connectivity index is 2.59. The predicted molar refractivity (Wildman–Crippen MR) is 110 cm³/mol. The van der Waals surface area contributed by atoms with E-state index in [1.165, 1.54) is 0 Å². The highest BCUT2D eigenvalue weighted by molar-refractivity contribution is 5.76. The highest BCUT2D eigenvalue weighted by atomic mass is 16.6. The molecule has 1 saturated carbocycles. The minimum absolute atomic E-state index is 0.124. The quantitative estimate of drug-likeness (QED) is 0.522. The fourth-order valence-corrected chi connectivity index (χ4v) is 3.34. The van der Waals surface area contributed by atoms with Gasteiger partial charge in [-0.05, 0) is 79.6 Å². The number of carbonyl (C=O) groups excluding carboxylic acids is 2. The Morgan fingerprint density at radius 3 is 2.00 bits per heavy atom. The first kappa shape index (κ1) is 25.2. The molecule has 0 saturated heterocycles. The molecule has 1 aliphatic rings. The summed E-state index contributed by atoms with van der Waals surface area (Å²) in [6.07, 6.45) is 3.33. The molecule has 1 amide bonds. The molecule has 1 fully saturated rings. The van der Waals surface area contributed by atoms with Crippen molar-refractivity contribution in [2.24, 2.45) is 5.92 Å². The number of ether oxygens (including phenoxy) is 2. The molecule has 8 nitrogen and oxygen atoms in total. The molecule has 0 aromatic heterocycles. The largest absolute Gasteiger partial charge is 0.481 e. The van der Waals surface area contributed by atoms with Crippen molar-refractivity contribution in [2.75, 3.05) is 6.54 Å². The average molecular weight is 415 g/mol. The number of nitrogens with one attached hydrogen (secondary N) is 2. The van der Waals surface area contributed by atoms with E-state index in [2.05, 4.69) is 10.6 Å². The van der Waals surface area contributed by atoms with E-state index in [1.807, 2.05) is 20.8 Å². The van der Waals surface area contributed by atoms with Crippen LogP contribution in [0.3, 0.4) is 0 Å². The average Bonchev–Trinajstić information content (AvgIpc) is 2.51. The van der Waals surface area contributed by atoms with Crippen molar-refractivity contribution in [3.8, 4) is 0 Å². The van der Waals surface area contributed by atoms with Crippen molar-refractivity contribution in [3.63, 3.8) is 0 Å². The molecule has 0 heterocycles. The fourth-order valence-electron chi connectivity index (χ4n) is 3.34. The summed E-state index contributed by atoms with van der Waals surface area (Å²) < 4.78 is 10.7. The first-order chi connectivity index (χ1) is 13.2. The molecule has 0 spiro atoms. The predicted octanol–water partition coefficient (Wildman–Crippen LogP) is 3.23. The molecule has 1 rings (SSSR count). The molecule has 0 radical (unpaired) electrons. The monoisotopic (exact) mass is 414 g/mol. The number of hydrogen-bond donors (Lipinski definition) is 3. The number of alkyl carbamates (subject to hydrolysis) is 1. The van der Waals surface area contributed by atoms with Gasteiger partial charge < -0.3 is 25.2 Å². The molecule has 168 valence electrons. The Morgan fingerprint density at radius 2 is 1.52 bits per heavy atom. The van der Waals surface area contributed by atoms with Gasteiger partial charge in [0.25, 0.3) is 0 Å². The molecule has 3 N–H and O–H groups in total. The van der Waals surface area contributed by atoms with Crippen LogP contribution in [0.4, 0.5) is 4.79 Å². The van der Waals surface area contributed by atoms with Gasteiger partial charge >= 0.3 is 18.0 Å². The van der Waals surface area contributed by atoms with Crippen LogP contribution in [0.5, 0.6) is 0 Å². The van der Waals surface area contributed by atoms with Crippen LogP contribution in [0.15, 0.2) is 0 Å². The zero-order valence-corrected chi connectivity index (χ0v) is 18.7. The van der Waals surface area contributed by atoms with Crippen LogP contribution in [0, 0.1) is 5.92 Å². The van der Waals surface area contributed by atoms with Gasteiger partial charge in [-0.3, -0.25) is 9.59 Å². The lowest BCUT2D eigenvalue weighted by Gasteiger charge is -2.32. The molecule has 1 unspecified atom stereocenters. The van der Waals surface area contributed by atoms with Crippen molar-refractivity contribution in [3.05, 3.63) is 0 Å². The Kier molecular flexibility index (Phi) is 9.39. The first-order valence-corrected chi connectivity index (χ1v) is 10.4. The molecule has 1 atom stereocenters. The lowest BCUT2D eigenvalue weighted by molar-refractivity contribution is -0.158. The summed E-state index contributed by atoms with van der Waals surface area (Å²) in [5.41, 5.74) is -1.18. The highest BCUT2D eigenvalue weighted by Crippen LogP contribution is 2.27. The number of carboxylic acid groups (broad SMARTS) is 1. The number of carbonyl (C=O) groups is 3. The van der Waals surface area contributed by atoms with Gasteiger partial charge in [-0.1, -0.05) is 0 Å². The van der Waals surface area contributed by atoms with Crippen LogP contribution in [-0.4, -0.2) is 53.0 Å². The van der Waals surface area contributed by atoms with Gasteiger partial charge in [0, 0.05) is 19.0 Å². The maximum absolute atomic E-state index is 12.6. The third kappa shape index (κ3) is 11.7. The number of aliphatic carboxylic acids is 1. The smallest absolute Gasteiger partial charge is 0.407 e. The molecular weight excluding hydrogens is 376 g/mol. The van der Waals surface area contributed by atoms with Crippen molar-refractivity contribution < 1.29 is 29.0 Å². The Labute approximate surface area is 174 Å². The van der Waals surface area contributed by atoms with Gasteiger partial charge in [-0.25, -0.2) is 4.79 Å². The van der Waals surface area contributed by atoms with Gasteiger partial charge in [0.1, 0.15) is 17.2 Å². The van der Waals surface area contributed by atoms with Gasteiger partial charge in [-0.15, -0.1) is 0 Å². The van der Waals surface area contributed by atoms with Crippen LogP contribution in [0.25, 0.3) is 0 Å². The molecule has 29 heavy (non-hydrogen) atoms. The van der Waals surface area contributed by atoms with Crippen LogP contribution in [0.1, 0.15) is 80.1 Å². The second-order valence-corrected chi connectivity index (χ2v) is 9.79. The third-order valence-corrected chi connectivity index (χ3v) is 4.54.